The number of nitrogens with zero attached hydrogens (tertiary/aromatic N) is 1. The van der Waals surface area contributed by atoms with Gasteiger partial charge in [0, 0.05) is 16.7 Å². The minimum Gasteiger partial charge on any atom is -0.467 e. The fourth-order valence-electron chi connectivity index (χ4n) is 0.956. The van der Waals surface area contributed by atoms with E-state index < -0.39 is 12.1 Å². The van der Waals surface area contributed by atoms with Gasteiger partial charge in [-0.1, -0.05) is 0 Å². The topological polar surface area (TPSA) is 70.3 Å². The highest BCUT2D eigenvalue weighted by Gasteiger charge is 2.16. The molecule has 1 atom stereocenters. The lowest BCUT2D eigenvalue weighted by Crippen LogP contribution is -2.23. The van der Waals surface area contributed by atoms with Gasteiger partial charge in [-0.05, 0) is 6.07 Å². The Balaban J connectivity index is 2.61. The van der Waals surface area contributed by atoms with Gasteiger partial charge in [0.05, 0.1) is 12.7 Å². The molecule has 4 nitrogen and oxygen atoms in total. The number of carbonyl (C=O) groups is 1. The van der Waals surface area contributed by atoms with Gasteiger partial charge in [-0.15, -0.1) is 11.3 Å². The normalized spacial score (nSPS) is 11.8. The number of methoxy groups -OCH3 is 1. The van der Waals surface area contributed by atoms with Crippen molar-refractivity contribution in [2.75, 3.05) is 7.11 Å². The van der Waals surface area contributed by atoms with Gasteiger partial charge in [0.2, 0.25) is 0 Å². The summed E-state index contributed by atoms with van der Waals surface area (Å²) in [5.41, 5.74) is 0.544. The van der Waals surface area contributed by atoms with Crippen LogP contribution in [0.25, 0.3) is 0 Å². The molecule has 0 fully saturated rings. The van der Waals surface area contributed by atoms with E-state index in [0.717, 1.165) is 4.88 Å². The molecule has 0 spiro atoms. The summed E-state index contributed by atoms with van der Waals surface area (Å²) in [6.45, 7) is 0. The molecule has 74 valence electrons. The van der Waals surface area contributed by atoms with E-state index in [9.17, 15) is 9.90 Å². The van der Waals surface area contributed by atoms with E-state index in [1.165, 1.54) is 18.4 Å². The van der Waals surface area contributed by atoms with Gasteiger partial charge in [0.15, 0.2) is 6.10 Å². The van der Waals surface area contributed by atoms with Crippen LogP contribution in [0.4, 0.5) is 0 Å². The second-order valence-electron chi connectivity index (χ2n) is 2.66. The molecule has 1 heterocycles. The van der Waals surface area contributed by atoms with E-state index >= 15 is 0 Å². The number of hydrogen-bond acceptors (Lipinski definition) is 5. The molecule has 0 aliphatic heterocycles. The highest BCUT2D eigenvalue weighted by molar-refractivity contribution is 7.10. The van der Waals surface area contributed by atoms with Crippen LogP contribution in [0.1, 0.15) is 10.4 Å². The van der Waals surface area contributed by atoms with Crippen LogP contribution in [0.2, 0.25) is 0 Å². The maximum absolute atomic E-state index is 10.9. The number of thiophene rings is 1. The third-order valence-electron chi connectivity index (χ3n) is 1.65. The van der Waals surface area contributed by atoms with Crippen LogP contribution in [0.3, 0.4) is 0 Å². The molecule has 0 aromatic carbocycles. The van der Waals surface area contributed by atoms with E-state index in [4.69, 9.17) is 5.26 Å². The number of carbonyl (C=O) groups excluding carboxylic acids is 1. The minimum absolute atomic E-state index is 0.193. The SMILES string of the molecule is COC(=O)C(O)Cc1cc(C#N)cs1. The highest BCUT2D eigenvalue weighted by Crippen LogP contribution is 2.15. The van der Waals surface area contributed by atoms with Gasteiger partial charge in [0.25, 0.3) is 0 Å². The molecule has 5 heteroatoms. The summed E-state index contributed by atoms with van der Waals surface area (Å²) in [5, 5.41) is 19.5. The van der Waals surface area contributed by atoms with Gasteiger partial charge in [-0.25, -0.2) is 4.79 Å². The molecule has 0 radical (unpaired) electrons. The highest BCUT2D eigenvalue weighted by atomic mass is 32.1. The molecule has 0 saturated heterocycles. The van der Waals surface area contributed by atoms with Crippen LogP contribution in [0.5, 0.6) is 0 Å². The minimum atomic E-state index is -1.15. The quantitative estimate of drug-likeness (QED) is 0.747. The number of ether oxygens (including phenoxy) is 1. The van der Waals surface area contributed by atoms with Crippen molar-refractivity contribution >= 4 is 17.3 Å². The summed E-state index contributed by atoms with van der Waals surface area (Å²) in [4.78, 5) is 11.7. The Morgan fingerprint density at radius 2 is 2.57 bits per heavy atom. The van der Waals surface area contributed by atoms with Crippen LogP contribution < -0.4 is 0 Å². The monoisotopic (exact) mass is 211 g/mol. The number of rotatable bonds is 3. The largest absolute Gasteiger partial charge is 0.467 e. The van der Waals surface area contributed by atoms with Gasteiger partial charge < -0.3 is 9.84 Å². The first kappa shape index (κ1) is 10.7. The van der Waals surface area contributed by atoms with Crippen molar-refractivity contribution in [2.45, 2.75) is 12.5 Å². The fraction of sp³-hybridized carbons (Fsp3) is 0.333. The number of aliphatic hydroxyl groups excluding tert-OH is 1. The Labute approximate surface area is 85.4 Å². The zero-order chi connectivity index (χ0) is 10.6. The Morgan fingerprint density at radius 1 is 1.86 bits per heavy atom. The number of aliphatic hydroxyl groups is 1. The Hall–Kier alpha value is -1.38. The van der Waals surface area contributed by atoms with Gasteiger partial charge in [-0.2, -0.15) is 5.26 Å². The van der Waals surface area contributed by atoms with Crippen molar-refractivity contribution in [3.05, 3.63) is 21.9 Å². The van der Waals surface area contributed by atoms with Crippen molar-refractivity contribution < 1.29 is 14.6 Å². The number of hydrogen-bond donors (Lipinski definition) is 1. The summed E-state index contributed by atoms with van der Waals surface area (Å²) in [6, 6.07) is 3.63. The number of nitriles is 1. The molecule has 1 aromatic rings. The van der Waals surface area contributed by atoms with Crippen LogP contribution >= 0.6 is 11.3 Å². The van der Waals surface area contributed by atoms with Crippen molar-refractivity contribution in [1.82, 2.24) is 0 Å². The van der Waals surface area contributed by atoms with Gasteiger partial charge >= 0.3 is 5.97 Å². The molecule has 0 aliphatic rings. The van der Waals surface area contributed by atoms with Crippen molar-refractivity contribution in [3.8, 4) is 6.07 Å². The molecule has 0 aliphatic carbocycles. The first-order chi connectivity index (χ1) is 6.67. The number of esters is 1. The summed E-state index contributed by atoms with van der Waals surface area (Å²) in [7, 11) is 1.22. The van der Waals surface area contributed by atoms with E-state index in [0.29, 0.717) is 5.56 Å². The van der Waals surface area contributed by atoms with Crippen LogP contribution in [0.15, 0.2) is 11.4 Å². The lowest BCUT2D eigenvalue weighted by Gasteiger charge is -2.05. The predicted octanol–water partition coefficient (Wildman–Crippen LogP) is 0.696. The first-order valence-corrected chi connectivity index (χ1v) is 4.78. The fourth-order valence-corrected chi connectivity index (χ4v) is 1.80. The molecule has 1 N–H and O–H groups in total. The standard InChI is InChI=1S/C9H9NO3S/c1-13-9(12)8(11)3-7-2-6(4-10)5-14-7/h2,5,8,11H,3H2,1H3. The molecule has 0 bridgehead atoms. The smallest absolute Gasteiger partial charge is 0.335 e. The van der Waals surface area contributed by atoms with E-state index in [1.54, 1.807) is 11.4 Å². The Morgan fingerprint density at radius 3 is 3.07 bits per heavy atom. The van der Waals surface area contributed by atoms with Crippen LogP contribution in [-0.4, -0.2) is 24.3 Å². The van der Waals surface area contributed by atoms with E-state index in [-0.39, 0.29) is 6.42 Å². The maximum atomic E-state index is 10.9. The molecule has 0 saturated carbocycles. The molecular weight excluding hydrogens is 202 g/mol. The Bertz CT molecular complexity index is 366. The van der Waals surface area contributed by atoms with E-state index in [1.807, 2.05) is 6.07 Å². The zero-order valence-corrected chi connectivity index (χ0v) is 8.37. The molecule has 14 heavy (non-hydrogen) atoms. The first-order valence-electron chi connectivity index (χ1n) is 3.90. The van der Waals surface area contributed by atoms with E-state index in [2.05, 4.69) is 4.74 Å². The molecule has 1 rings (SSSR count). The van der Waals surface area contributed by atoms with Crippen LogP contribution in [-0.2, 0) is 16.0 Å². The molecule has 1 unspecified atom stereocenters. The van der Waals surface area contributed by atoms with Gasteiger partial charge in [0.1, 0.15) is 6.07 Å². The summed E-state index contributed by atoms with van der Waals surface area (Å²) in [6.07, 6.45) is -0.954. The van der Waals surface area contributed by atoms with Gasteiger partial charge in [-0.3, -0.25) is 0 Å². The third kappa shape index (κ3) is 2.55. The van der Waals surface area contributed by atoms with Crippen molar-refractivity contribution in [1.29, 1.82) is 5.26 Å². The predicted molar refractivity (Wildman–Crippen MR) is 50.8 cm³/mol. The zero-order valence-electron chi connectivity index (χ0n) is 7.56. The summed E-state index contributed by atoms with van der Waals surface area (Å²) >= 11 is 1.34. The maximum Gasteiger partial charge on any atom is 0.335 e. The van der Waals surface area contributed by atoms with Crippen molar-refractivity contribution in [3.63, 3.8) is 0 Å². The van der Waals surface area contributed by atoms with Crippen LogP contribution in [0, 0.1) is 11.3 Å². The second kappa shape index (κ2) is 4.74. The lowest BCUT2D eigenvalue weighted by molar-refractivity contribution is -0.150. The average molecular weight is 211 g/mol. The van der Waals surface area contributed by atoms with Crippen molar-refractivity contribution in [2.24, 2.45) is 0 Å². The molecule has 1 aromatic heterocycles. The molecule has 0 amide bonds. The lowest BCUT2D eigenvalue weighted by atomic mass is 10.2. The Kier molecular flexibility index (Phi) is 3.63. The third-order valence-corrected chi connectivity index (χ3v) is 2.61. The average Bonchev–Trinajstić information content (AvgIpc) is 2.64. The molecular formula is C9H9NO3S. The second-order valence-corrected chi connectivity index (χ2v) is 3.65. The summed E-state index contributed by atoms with van der Waals surface area (Å²) in [5.74, 6) is -0.656. The summed E-state index contributed by atoms with van der Waals surface area (Å²) < 4.78 is 4.37.